The highest BCUT2D eigenvalue weighted by Gasteiger charge is 2.39. The molecular weight excluding hydrogens is 324 g/mol. The molecular formula is C17H16N4O4. The lowest BCUT2D eigenvalue weighted by molar-refractivity contribution is -0.121. The van der Waals surface area contributed by atoms with Gasteiger partial charge in [-0.3, -0.25) is 24.8 Å². The number of carbonyl (C=O) groups excluding carboxylic acids is 3. The number of imide groups is 1. The molecule has 25 heavy (non-hydrogen) atoms. The average molecular weight is 340 g/mol. The molecule has 2 aromatic rings. The third kappa shape index (κ3) is 3.48. The molecule has 1 aromatic carbocycles. The number of ether oxygens (including phenoxy) is 1. The van der Waals surface area contributed by atoms with Crippen LogP contribution < -0.4 is 20.5 Å². The Labute approximate surface area is 143 Å². The maximum absolute atomic E-state index is 12.5. The number of nitrogens with one attached hydrogen (secondary N) is 2. The van der Waals surface area contributed by atoms with Crippen molar-refractivity contribution in [2.45, 2.75) is 12.5 Å². The Morgan fingerprint density at radius 3 is 2.84 bits per heavy atom. The molecule has 2 N–H and O–H groups in total. The number of aromatic nitrogens is 1. The molecule has 8 nitrogen and oxygen atoms in total. The molecule has 0 saturated carbocycles. The van der Waals surface area contributed by atoms with E-state index in [2.05, 4.69) is 15.8 Å². The van der Waals surface area contributed by atoms with Crippen LogP contribution in [0.5, 0.6) is 5.75 Å². The lowest BCUT2D eigenvalue weighted by atomic mass is 10.2. The standard InChI is InChI=1S/C17H16N4O4/c1-25-13-6-2-5-12(8-13)21-15(22)9-14(17(21)24)19-20-16(23)11-4-3-7-18-10-11/h2-8,10,14,19H,9H2,1H3,(H,20,23). The topological polar surface area (TPSA) is 101 Å². The fourth-order valence-corrected chi connectivity index (χ4v) is 2.49. The van der Waals surface area contributed by atoms with Crippen LogP contribution in [0.15, 0.2) is 48.8 Å². The van der Waals surface area contributed by atoms with Gasteiger partial charge in [0, 0.05) is 18.5 Å². The van der Waals surface area contributed by atoms with E-state index in [0.29, 0.717) is 17.0 Å². The van der Waals surface area contributed by atoms with Crippen LogP contribution in [0.25, 0.3) is 0 Å². The molecule has 0 aliphatic carbocycles. The molecule has 0 radical (unpaired) electrons. The monoisotopic (exact) mass is 340 g/mol. The molecule has 1 atom stereocenters. The van der Waals surface area contributed by atoms with E-state index < -0.39 is 17.9 Å². The Balaban J connectivity index is 1.68. The van der Waals surface area contributed by atoms with Crippen molar-refractivity contribution in [3.05, 3.63) is 54.4 Å². The molecule has 0 bridgehead atoms. The smallest absolute Gasteiger partial charge is 0.266 e. The molecule has 0 spiro atoms. The molecule has 1 aliphatic heterocycles. The number of rotatable bonds is 5. The van der Waals surface area contributed by atoms with Gasteiger partial charge in [0.1, 0.15) is 11.8 Å². The number of methoxy groups -OCH3 is 1. The zero-order valence-corrected chi connectivity index (χ0v) is 13.4. The number of hydrogen-bond donors (Lipinski definition) is 2. The average Bonchev–Trinajstić information content (AvgIpc) is 2.94. The van der Waals surface area contributed by atoms with Crippen LogP contribution in [-0.4, -0.2) is 35.9 Å². The van der Waals surface area contributed by atoms with Crippen LogP contribution in [0.3, 0.4) is 0 Å². The highest BCUT2D eigenvalue weighted by molar-refractivity contribution is 6.22. The normalized spacial score (nSPS) is 16.8. The predicted molar refractivity (Wildman–Crippen MR) is 88.7 cm³/mol. The minimum Gasteiger partial charge on any atom is -0.497 e. The van der Waals surface area contributed by atoms with Crippen molar-refractivity contribution in [1.29, 1.82) is 0 Å². The fraction of sp³-hybridized carbons (Fsp3) is 0.176. The van der Waals surface area contributed by atoms with E-state index in [9.17, 15) is 14.4 Å². The second kappa shape index (κ2) is 7.10. The van der Waals surface area contributed by atoms with Crippen LogP contribution in [0.2, 0.25) is 0 Å². The van der Waals surface area contributed by atoms with E-state index in [0.717, 1.165) is 4.90 Å². The third-order valence-corrected chi connectivity index (χ3v) is 3.74. The predicted octanol–water partition coefficient (Wildman–Crippen LogP) is 0.657. The first-order valence-electron chi connectivity index (χ1n) is 7.57. The summed E-state index contributed by atoms with van der Waals surface area (Å²) in [5.41, 5.74) is 5.82. The van der Waals surface area contributed by atoms with Crippen LogP contribution in [0.1, 0.15) is 16.8 Å². The Hall–Kier alpha value is -3.26. The summed E-state index contributed by atoms with van der Waals surface area (Å²) >= 11 is 0. The fourth-order valence-electron chi connectivity index (χ4n) is 2.49. The van der Waals surface area contributed by atoms with Gasteiger partial charge in [-0.05, 0) is 24.3 Å². The number of amides is 3. The lowest BCUT2D eigenvalue weighted by Crippen LogP contribution is -2.48. The largest absolute Gasteiger partial charge is 0.497 e. The second-order valence-corrected chi connectivity index (χ2v) is 5.37. The number of benzene rings is 1. The van der Waals surface area contributed by atoms with Gasteiger partial charge in [-0.15, -0.1) is 0 Å². The van der Waals surface area contributed by atoms with Gasteiger partial charge in [0.15, 0.2) is 0 Å². The maximum atomic E-state index is 12.5. The zero-order chi connectivity index (χ0) is 17.8. The quantitative estimate of drug-likeness (QED) is 0.612. The van der Waals surface area contributed by atoms with Crippen molar-refractivity contribution in [2.24, 2.45) is 0 Å². The van der Waals surface area contributed by atoms with Gasteiger partial charge in [-0.25, -0.2) is 10.3 Å². The van der Waals surface area contributed by atoms with Crippen molar-refractivity contribution in [1.82, 2.24) is 15.8 Å². The molecule has 1 saturated heterocycles. The molecule has 1 unspecified atom stereocenters. The number of pyridine rings is 1. The van der Waals surface area contributed by atoms with E-state index in [1.807, 2.05) is 0 Å². The summed E-state index contributed by atoms with van der Waals surface area (Å²) < 4.78 is 5.11. The van der Waals surface area contributed by atoms with Crippen molar-refractivity contribution >= 4 is 23.4 Å². The summed E-state index contributed by atoms with van der Waals surface area (Å²) in [7, 11) is 1.51. The highest BCUT2D eigenvalue weighted by Crippen LogP contribution is 2.26. The lowest BCUT2D eigenvalue weighted by Gasteiger charge is -2.16. The van der Waals surface area contributed by atoms with Crippen molar-refractivity contribution in [3.63, 3.8) is 0 Å². The molecule has 3 rings (SSSR count). The first kappa shape index (κ1) is 16.6. The van der Waals surface area contributed by atoms with E-state index in [-0.39, 0.29) is 12.3 Å². The van der Waals surface area contributed by atoms with Crippen LogP contribution >= 0.6 is 0 Å². The number of nitrogens with zero attached hydrogens (tertiary/aromatic N) is 2. The first-order valence-corrected chi connectivity index (χ1v) is 7.57. The van der Waals surface area contributed by atoms with Crippen LogP contribution in [0, 0.1) is 0 Å². The Morgan fingerprint density at radius 2 is 2.12 bits per heavy atom. The molecule has 8 heteroatoms. The van der Waals surface area contributed by atoms with Gasteiger partial charge >= 0.3 is 0 Å². The summed E-state index contributed by atoms with van der Waals surface area (Å²) in [6.07, 6.45) is 2.90. The molecule has 1 aliphatic rings. The Kier molecular flexibility index (Phi) is 4.71. The molecule has 3 amide bonds. The van der Waals surface area contributed by atoms with E-state index in [4.69, 9.17) is 4.74 Å². The van der Waals surface area contributed by atoms with Crippen molar-refractivity contribution < 1.29 is 19.1 Å². The number of carbonyl (C=O) groups is 3. The van der Waals surface area contributed by atoms with E-state index >= 15 is 0 Å². The Bertz CT molecular complexity index is 809. The summed E-state index contributed by atoms with van der Waals surface area (Å²) in [6, 6.07) is 9.05. The van der Waals surface area contributed by atoms with E-state index in [1.165, 1.54) is 13.3 Å². The minimum atomic E-state index is -0.834. The molecule has 128 valence electrons. The van der Waals surface area contributed by atoms with Gasteiger partial charge in [0.2, 0.25) is 5.91 Å². The SMILES string of the molecule is COc1cccc(N2C(=O)CC(NNC(=O)c3cccnc3)C2=O)c1. The number of hydrazine groups is 1. The summed E-state index contributed by atoms with van der Waals surface area (Å²) in [5, 5.41) is 0. The van der Waals surface area contributed by atoms with Gasteiger partial charge in [-0.1, -0.05) is 6.07 Å². The summed E-state index contributed by atoms with van der Waals surface area (Å²) in [5.74, 6) is -0.691. The number of hydrogen-bond acceptors (Lipinski definition) is 6. The van der Waals surface area contributed by atoms with Crippen LogP contribution in [0.4, 0.5) is 5.69 Å². The first-order chi connectivity index (χ1) is 12.1. The van der Waals surface area contributed by atoms with E-state index in [1.54, 1.807) is 42.6 Å². The third-order valence-electron chi connectivity index (χ3n) is 3.74. The Morgan fingerprint density at radius 1 is 1.28 bits per heavy atom. The van der Waals surface area contributed by atoms with Gasteiger partial charge in [0.05, 0.1) is 24.8 Å². The van der Waals surface area contributed by atoms with Gasteiger partial charge in [-0.2, -0.15) is 0 Å². The van der Waals surface area contributed by atoms with Crippen LogP contribution in [-0.2, 0) is 9.59 Å². The summed E-state index contributed by atoms with van der Waals surface area (Å²) in [6.45, 7) is 0. The van der Waals surface area contributed by atoms with Crippen molar-refractivity contribution in [2.75, 3.05) is 12.0 Å². The number of anilines is 1. The minimum absolute atomic E-state index is 0.0522. The van der Waals surface area contributed by atoms with Crippen molar-refractivity contribution in [3.8, 4) is 5.75 Å². The molecule has 2 heterocycles. The second-order valence-electron chi connectivity index (χ2n) is 5.37. The summed E-state index contributed by atoms with van der Waals surface area (Å²) in [4.78, 5) is 41.6. The van der Waals surface area contributed by atoms with Gasteiger partial charge < -0.3 is 4.74 Å². The van der Waals surface area contributed by atoms with Gasteiger partial charge in [0.25, 0.3) is 11.8 Å². The zero-order valence-electron chi connectivity index (χ0n) is 13.4. The highest BCUT2D eigenvalue weighted by atomic mass is 16.5. The molecule has 1 fully saturated rings. The molecule has 1 aromatic heterocycles. The maximum Gasteiger partial charge on any atom is 0.266 e.